The molecule has 0 amide bonds. The Hall–Kier alpha value is -1.45. The molecule has 1 aromatic rings. The second-order valence-electron chi connectivity index (χ2n) is 2.68. The average molecular weight is 162 g/mol. The van der Waals surface area contributed by atoms with E-state index in [9.17, 15) is 0 Å². The summed E-state index contributed by atoms with van der Waals surface area (Å²) in [5.41, 5.74) is 1.10. The Bertz CT molecular complexity index is 280. The standard InChI is InChI=1S/C8H10N4/c1-2-12-8(11-1)3-7-4-9-6-10-5-7/h4-6H,1-3H2,(H,11,12). The van der Waals surface area contributed by atoms with Crippen LogP contribution in [0.25, 0.3) is 0 Å². The third-order valence-electron chi connectivity index (χ3n) is 1.73. The van der Waals surface area contributed by atoms with Gasteiger partial charge in [0.05, 0.1) is 6.54 Å². The molecule has 0 aliphatic carbocycles. The van der Waals surface area contributed by atoms with Crippen molar-refractivity contribution >= 4 is 5.84 Å². The minimum atomic E-state index is 0.820. The Balaban J connectivity index is 2.04. The lowest BCUT2D eigenvalue weighted by molar-refractivity contribution is 0.951. The van der Waals surface area contributed by atoms with Crippen LogP contribution in [0.4, 0.5) is 0 Å². The highest BCUT2D eigenvalue weighted by molar-refractivity contribution is 5.85. The summed E-state index contributed by atoms with van der Waals surface area (Å²) in [6, 6.07) is 0. The van der Waals surface area contributed by atoms with Gasteiger partial charge in [0.25, 0.3) is 0 Å². The second-order valence-corrected chi connectivity index (χ2v) is 2.68. The van der Waals surface area contributed by atoms with Gasteiger partial charge in [-0.1, -0.05) is 0 Å². The van der Waals surface area contributed by atoms with Gasteiger partial charge >= 0.3 is 0 Å². The van der Waals surface area contributed by atoms with Crippen molar-refractivity contribution in [1.82, 2.24) is 15.3 Å². The highest BCUT2D eigenvalue weighted by Gasteiger charge is 2.05. The Labute approximate surface area is 70.8 Å². The molecule has 2 rings (SSSR count). The first kappa shape index (κ1) is 7.21. The smallest absolute Gasteiger partial charge is 0.115 e. The number of hydrogen-bond donors (Lipinski definition) is 1. The van der Waals surface area contributed by atoms with Crippen LogP contribution in [0, 0.1) is 0 Å². The molecule has 0 atom stereocenters. The Morgan fingerprint density at radius 3 is 2.83 bits per heavy atom. The number of aromatic nitrogens is 2. The van der Waals surface area contributed by atoms with Gasteiger partial charge in [-0.2, -0.15) is 0 Å². The van der Waals surface area contributed by atoms with Gasteiger partial charge in [-0.15, -0.1) is 0 Å². The van der Waals surface area contributed by atoms with E-state index in [0.29, 0.717) is 0 Å². The van der Waals surface area contributed by atoms with Crippen LogP contribution in [0.1, 0.15) is 5.56 Å². The van der Waals surface area contributed by atoms with E-state index in [4.69, 9.17) is 0 Å². The number of nitrogens with one attached hydrogen (secondary N) is 1. The number of rotatable bonds is 2. The van der Waals surface area contributed by atoms with Crippen LogP contribution in [0.15, 0.2) is 23.7 Å². The van der Waals surface area contributed by atoms with Crippen molar-refractivity contribution in [2.75, 3.05) is 13.1 Å². The largest absolute Gasteiger partial charge is 0.372 e. The van der Waals surface area contributed by atoms with Crippen molar-refractivity contribution in [1.29, 1.82) is 0 Å². The van der Waals surface area contributed by atoms with Crippen molar-refractivity contribution in [3.8, 4) is 0 Å². The van der Waals surface area contributed by atoms with Gasteiger partial charge < -0.3 is 5.32 Å². The molecule has 1 N–H and O–H groups in total. The van der Waals surface area contributed by atoms with Crippen LogP contribution in [-0.4, -0.2) is 28.9 Å². The second kappa shape index (κ2) is 3.30. The highest BCUT2D eigenvalue weighted by atomic mass is 15.1. The zero-order valence-corrected chi connectivity index (χ0v) is 6.70. The molecule has 12 heavy (non-hydrogen) atoms. The summed E-state index contributed by atoms with van der Waals surface area (Å²) in [5, 5.41) is 3.20. The van der Waals surface area contributed by atoms with Crippen LogP contribution in [0.2, 0.25) is 0 Å². The summed E-state index contributed by atoms with van der Waals surface area (Å²) < 4.78 is 0. The number of hydrogen-bond acceptors (Lipinski definition) is 4. The maximum atomic E-state index is 4.28. The summed E-state index contributed by atoms with van der Waals surface area (Å²) >= 11 is 0. The number of nitrogens with zero attached hydrogens (tertiary/aromatic N) is 3. The molecule has 0 bridgehead atoms. The maximum Gasteiger partial charge on any atom is 0.115 e. The number of amidine groups is 1. The Kier molecular flexibility index (Phi) is 1.98. The van der Waals surface area contributed by atoms with Gasteiger partial charge in [0, 0.05) is 25.4 Å². The summed E-state index contributed by atoms with van der Waals surface area (Å²) in [6.45, 7) is 1.85. The molecule has 0 saturated heterocycles. The molecule has 2 heterocycles. The molecule has 0 spiro atoms. The molecule has 1 aliphatic heterocycles. The average Bonchev–Trinajstić information content (AvgIpc) is 2.59. The van der Waals surface area contributed by atoms with E-state index in [1.807, 2.05) is 12.4 Å². The summed E-state index contributed by atoms with van der Waals surface area (Å²) in [5.74, 6) is 1.05. The van der Waals surface area contributed by atoms with E-state index in [-0.39, 0.29) is 0 Å². The van der Waals surface area contributed by atoms with Crippen molar-refractivity contribution in [2.45, 2.75) is 6.42 Å². The molecule has 1 aliphatic rings. The lowest BCUT2D eigenvalue weighted by Crippen LogP contribution is -2.20. The van der Waals surface area contributed by atoms with E-state index in [1.54, 1.807) is 0 Å². The number of aliphatic imine (C=N–C) groups is 1. The fourth-order valence-electron chi connectivity index (χ4n) is 1.18. The molecule has 1 aromatic heterocycles. The quantitative estimate of drug-likeness (QED) is 0.667. The molecule has 4 heteroatoms. The van der Waals surface area contributed by atoms with Crippen molar-refractivity contribution in [2.24, 2.45) is 4.99 Å². The molecular weight excluding hydrogens is 152 g/mol. The SMILES string of the molecule is c1ncc(CC2=NCCN2)cn1. The fraction of sp³-hybridized carbons (Fsp3) is 0.375. The maximum absolute atomic E-state index is 4.28. The van der Waals surface area contributed by atoms with Crippen LogP contribution in [0.5, 0.6) is 0 Å². The van der Waals surface area contributed by atoms with Crippen LogP contribution in [-0.2, 0) is 6.42 Å². The monoisotopic (exact) mass is 162 g/mol. The van der Waals surface area contributed by atoms with Gasteiger partial charge in [-0.25, -0.2) is 9.97 Å². The molecule has 0 radical (unpaired) electrons. The molecule has 0 saturated carbocycles. The molecule has 0 aromatic carbocycles. The Morgan fingerprint density at radius 2 is 2.17 bits per heavy atom. The van der Waals surface area contributed by atoms with Gasteiger partial charge in [0.2, 0.25) is 0 Å². The molecular formula is C8H10N4. The third kappa shape index (κ3) is 1.58. The van der Waals surface area contributed by atoms with Gasteiger partial charge in [-0.3, -0.25) is 4.99 Å². The summed E-state index contributed by atoms with van der Waals surface area (Å²) in [4.78, 5) is 12.1. The lowest BCUT2D eigenvalue weighted by Gasteiger charge is -1.99. The summed E-state index contributed by atoms with van der Waals surface area (Å²) in [7, 11) is 0. The first-order valence-corrected chi connectivity index (χ1v) is 3.96. The van der Waals surface area contributed by atoms with Crippen molar-refractivity contribution < 1.29 is 0 Å². The predicted octanol–water partition coefficient (Wildman–Crippen LogP) is 0.0208. The summed E-state index contributed by atoms with van der Waals surface area (Å²) in [6.07, 6.45) is 5.99. The highest BCUT2D eigenvalue weighted by Crippen LogP contribution is 1.97. The van der Waals surface area contributed by atoms with Gasteiger partial charge in [-0.05, 0) is 5.56 Å². The molecule has 62 valence electrons. The van der Waals surface area contributed by atoms with E-state index >= 15 is 0 Å². The fourth-order valence-corrected chi connectivity index (χ4v) is 1.18. The van der Waals surface area contributed by atoms with Gasteiger partial charge in [0.1, 0.15) is 12.2 Å². The Morgan fingerprint density at radius 1 is 1.33 bits per heavy atom. The minimum absolute atomic E-state index is 0.820. The van der Waals surface area contributed by atoms with E-state index in [1.165, 1.54) is 6.33 Å². The minimum Gasteiger partial charge on any atom is -0.372 e. The predicted molar refractivity (Wildman–Crippen MR) is 46.0 cm³/mol. The zero-order valence-electron chi connectivity index (χ0n) is 6.70. The molecule has 0 unspecified atom stereocenters. The first-order valence-electron chi connectivity index (χ1n) is 3.96. The zero-order chi connectivity index (χ0) is 8.23. The van der Waals surface area contributed by atoms with Crippen LogP contribution < -0.4 is 5.32 Å². The topological polar surface area (TPSA) is 50.2 Å². The van der Waals surface area contributed by atoms with Crippen LogP contribution >= 0.6 is 0 Å². The van der Waals surface area contributed by atoms with Crippen molar-refractivity contribution in [3.63, 3.8) is 0 Å². The third-order valence-corrected chi connectivity index (χ3v) is 1.73. The van der Waals surface area contributed by atoms with E-state index < -0.39 is 0 Å². The first-order chi connectivity index (χ1) is 5.95. The van der Waals surface area contributed by atoms with Crippen molar-refractivity contribution in [3.05, 3.63) is 24.3 Å². The van der Waals surface area contributed by atoms with E-state index in [0.717, 1.165) is 30.9 Å². The van der Waals surface area contributed by atoms with E-state index in [2.05, 4.69) is 20.3 Å². The lowest BCUT2D eigenvalue weighted by atomic mass is 10.2. The van der Waals surface area contributed by atoms with Crippen LogP contribution in [0.3, 0.4) is 0 Å². The van der Waals surface area contributed by atoms with Gasteiger partial charge in [0.15, 0.2) is 0 Å². The molecule has 0 fully saturated rings. The normalized spacial score (nSPS) is 15.5. The molecule has 4 nitrogen and oxygen atoms in total.